The average molecular weight is 398 g/mol. The van der Waals surface area contributed by atoms with Gasteiger partial charge in [0.25, 0.3) is 0 Å². The lowest BCUT2D eigenvalue weighted by Crippen LogP contribution is -2.08. The Kier molecular flexibility index (Phi) is 4.70. The van der Waals surface area contributed by atoms with Gasteiger partial charge < -0.3 is 9.84 Å². The zero-order valence-corrected chi connectivity index (χ0v) is 15.7. The second-order valence-corrected chi connectivity index (χ2v) is 6.77. The van der Waals surface area contributed by atoms with E-state index in [0.29, 0.717) is 28.7 Å². The summed E-state index contributed by atoms with van der Waals surface area (Å²) in [6.45, 7) is 3.81. The minimum Gasteiger partial charge on any atom is -0.365 e. The standard InChI is InChI=1S/C21H17F3N4O/c1-12-6-7-15-10-17(20-26-13(2)29-28-20)19(27-18(15)8-12)25-11-14-4-3-5-16(9-14)21(22,23)24/h3-10H,11H2,1-2H3,(H,25,27). The van der Waals surface area contributed by atoms with Gasteiger partial charge in [-0.15, -0.1) is 0 Å². The Labute approximate surface area is 164 Å². The van der Waals surface area contributed by atoms with Crippen molar-refractivity contribution < 1.29 is 17.7 Å². The van der Waals surface area contributed by atoms with Crippen LogP contribution in [0.2, 0.25) is 0 Å². The molecular weight excluding hydrogens is 381 g/mol. The van der Waals surface area contributed by atoms with Crippen LogP contribution in [0.25, 0.3) is 22.3 Å². The van der Waals surface area contributed by atoms with E-state index in [9.17, 15) is 13.2 Å². The number of aryl methyl sites for hydroxylation is 2. The van der Waals surface area contributed by atoms with Crippen LogP contribution in [0.5, 0.6) is 0 Å². The van der Waals surface area contributed by atoms with Gasteiger partial charge in [0.2, 0.25) is 11.7 Å². The Hall–Kier alpha value is -3.42. The lowest BCUT2D eigenvalue weighted by molar-refractivity contribution is -0.137. The summed E-state index contributed by atoms with van der Waals surface area (Å²) >= 11 is 0. The minimum atomic E-state index is -4.39. The number of fused-ring (bicyclic) bond motifs is 1. The van der Waals surface area contributed by atoms with Gasteiger partial charge in [0, 0.05) is 18.9 Å². The highest BCUT2D eigenvalue weighted by Gasteiger charge is 2.30. The second kappa shape index (κ2) is 7.20. The van der Waals surface area contributed by atoms with Crippen LogP contribution in [0, 0.1) is 13.8 Å². The first-order valence-electron chi connectivity index (χ1n) is 8.92. The van der Waals surface area contributed by atoms with Crippen LogP contribution in [-0.4, -0.2) is 15.1 Å². The first kappa shape index (κ1) is 18.9. The topological polar surface area (TPSA) is 63.8 Å². The summed E-state index contributed by atoms with van der Waals surface area (Å²) in [6.07, 6.45) is -4.39. The first-order valence-corrected chi connectivity index (χ1v) is 8.92. The van der Waals surface area contributed by atoms with Gasteiger partial charge in [0.1, 0.15) is 5.82 Å². The summed E-state index contributed by atoms with van der Waals surface area (Å²) < 4.78 is 44.0. The number of rotatable bonds is 4. The van der Waals surface area contributed by atoms with E-state index in [1.165, 1.54) is 6.07 Å². The van der Waals surface area contributed by atoms with Crippen molar-refractivity contribution >= 4 is 16.7 Å². The largest absolute Gasteiger partial charge is 0.416 e. The van der Waals surface area contributed by atoms with Crippen LogP contribution in [-0.2, 0) is 12.7 Å². The van der Waals surface area contributed by atoms with E-state index in [2.05, 4.69) is 20.4 Å². The summed E-state index contributed by atoms with van der Waals surface area (Å²) in [5, 5.41) is 7.99. The van der Waals surface area contributed by atoms with Crippen molar-refractivity contribution in [3.63, 3.8) is 0 Å². The molecule has 0 aliphatic heterocycles. The Balaban J connectivity index is 1.72. The maximum absolute atomic E-state index is 13.0. The van der Waals surface area contributed by atoms with Gasteiger partial charge in [-0.25, -0.2) is 4.98 Å². The van der Waals surface area contributed by atoms with E-state index < -0.39 is 11.7 Å². The molecule has 2 aromatic carbocycles. The van der Waals surface area contributed by atoms with Gasteiger partial charge in [0.15, 0.2) is 0 Å². The number of aromatic nitrogens is 3. The number of nitrogens with one attached hydrogen (secondary N) is 1. The average Bonchev–Trinajstić information content (AvgIpc) is 3.11. The van der Waals surface area contributed by atoms with Gasteiger partial charge in [0.05, 0.1) is 16.6 Å². The molecule has 0 aliphatic carbocycles. The van der Waals surface area contributed by atoms with Gasteiger partial charge in [-0.05, 0) is 42.3 Å². The monoisotopic (exact) mass is 398 g/mol. The SMILES string of the molecule is Cc1ccc2cc(-c3noc(C)n3)c(NCc3cccc(C(F)(F)F)c3)nc2c1. The van der Waals surface area contributed by atoms with Crippen LogP contribution in [0.15, 0.2) is 53.1 Å². The molecular formula is C21H17F3N4O. The van der Waals surface area contributed by atoms with Crippen molar-refractivity contribution in [2.24, 2.45) is 0 Å². The normalized spacial score (nSPS) is 11.8. The molecule has 8 heteroatoms. The first-order chi connectivity index (χ1) is 13.8. The fraction of sp³-hybridized carbons (Fsp3) is 0.190. The molecule has 0 spiro atoms. The number of nitrogens with zero attached hydrogens (tertiary/aromatic N) is 3. The molecule has 0 saturated carbocycles. The van der Waals surface area contributed by atoms with E-state index in [4.69, 9.17) is 4.52 Å². The Morgan fingerprint density at radius 1 is 1.00 bits per heavy atom. The number of alkyl halides is 3. The van der Waals surface area contributed by atoms with Crippen molar-refractivity contribution in [3.8, 4) is 11.4 Å². The highest BCUT2D eigenvalue weighted by molar-refractivity contribution is 5.88. The molecule has 2 aromatic heterocycles. The van der Waals surface area contributed by atoms with Crippen molar-refractivity contribution in [1.82, 2.24) is 15.1 Å². The number of benzene rings is 2. The van der Waals surface area contributed by atoms with Crippen LogP contribution in [0.3, 0.4) is 0 Å². The molecule has 4 aromatic rings. The predicted molar refractivity (Wildman–Crippen MR) is 103 cm³/mol. The van der Waals surface area contributed by atoms with Crippen LogP contribution < -0.4 is 5.32 Å². The van der Waals surface area contributed by atoms with E-state index in [0.717, 1.165) is 28.6 Å². The smallest absolute Gasteiger partial charge is 0.365 e. The van der Waals surface area contributed by atoms with E-state index in [1.807, 2.05) is 31.2 Å². The summed E-state index contributed by atoms with van der Waals surface area (Å²) in [5.74, 6) is 1.25. The Bertz CT molecular complexity index is 1180. The van der Waals surface area contributed by atoms with Gasteiger partial charge >= 0.3 is 6.18 Å². The molecule has 29 heavy (non-hydrogen) atoms. The minimum absolute atomic E-state index is 0.165. The number of anilines is 1. The number of hydrogen-bond donors (Lipinski definition) is 1. The predicted octanol–water partition coefficient (Wildman–Crippen LogP) is 5.53. The second-order valence-electron chi connectivity index (χ2n) is 6.77. The van der Waals surface area contributed by atoms with Crippen molar-refractivity contribution in [2.45, 2.75) is 26.6 Å². The number of pyridine rings is 1. The van der Waals surface area contributed by atoms with Gasteiger partial charge in [-0.1, -0.05) is 29.4 Å². The lowest BCUT2D eigenvalue weighted by Gasteiger charge is -2.13. The molecule has 0 radical (unpaired) electrons. The van der Waals surface area contributed by atoms with Gasteiger partial charge in [-0.2, -0.15) is 18.2 Å². The van der Waals surface area contributed by atoms with E-state index in [1.54, 1.807) is 13.0 Å². The molecule has 0 bridgehead atoms. The molecule has 4 rings (SSSR count). The van der Waals surface area contributed by atoms with Crippen LogP contribution >= 0.6 is 0 Å². The van der Waals surface area contributed by atoms with Crippen LogP contribution in [0.4, 0.5) is 19.0 Å². The third-order valence-electron chi connectivity index (χ3n) is 4.46. The fourth-order valence-electron chi connectivity index (χ4n) is 3.03. The highest BCUT2D eigenvalue weighted by Crippen LogP contribution is 2.31. The Morgan fingerprint density at radius 3 is 2.55 bits per heavy atom. The summed E-state index contributed by atoms with van der Waals surface area (Å²) in [5.41, 5.74) is 2.23. The third-order valence-corrected chi connectivity index (χ3v) is 4.46. The molecule has 0 unspecified atom stereocenters. The molecule has 0 fully saturated rings. The van der Waals surface area contributed by atoms with Gasteiger partial charge in [-0.3, -0.25) is 0 Å². The zero-order valence-electron chi connectivity index (χ0n) is 15.7. The molecule has 0 atom stereocenters. The van der Waals surface area contributed by atoms with Crippen molar-refractivity contribution in [2.75, 3.05) is 5.32 Å². The lowest BCUT2D eigenvalue weighted by atomic mass is 10.1. The molecule has 148 valence electrons. The maximum Gasteiger partial charge on any atom is 0.416 e. The Morgan fingerprint density at radius 2 is 1.83 bits per heavy atom. The molecule has 0 saturated heterocycles. The zero-order chi connectivity index (χ0) is 20.6. The third kappa shape index (κ3) is 4.06. The molecule has 5 nitrogen and oxygen atoms in total. The van der Waals surface area contributed by atoms with Crippen molar-refractivity contribution in [1.29, 1.82) is 0 Å². The number of halogens is 3. The molecule has 0 amide bonds. The fourth-order valence-corrected chi connectivity index (χ4v) is 3.03. The summed E-state index contributed by atoms with van der Waals surface area (Å²) in [7, 11) is 0. The molecule has 0 aliphatic rings. The quantitative estimate of drug-likeness (QED) is 0.490. The highest BCUT2D eigenvalue weighted by atomic mass is 19.4. The van der Waals surface area contributed by atoms with Crippen molar-refractivity contribution in [3.05, 3.63) is 71.1 Å². The van der Waals surface area contributed by atoms with E-state index in [-0.39, 0.29) is 6.54 Å². The summed E-state index contributed by atoms with van der Waals surface area (Å²) in [4.78, 5) is 8.91. The maximum atomic E-state index is 13.0. The van der Waals surface area contributed by atoms with Crippen LogP contribution in [0.1, 0.15) is 22.6 Å². The van der Waals surface area contributed by atoms with E-state index >= 15 is 0 Å². The number of hydrogen-bond acceptors (Lipinski definition) is 5. The molecule has 1 N–H and O–H groups in total. The summed E-state index contributed by atoms with van der Waals surface area (Å²) in [6, 6.07) is 12.9. The molecule has 2 heterocycles.